The summed E-state index contributed by atoms with van der Waals surface area (Å²) < 4.78 is 10.9. The Kier molecular flexibility index (Phi) is 3.98. The van der Waals surface area contributed by atoms with Crippen LogP contribution in [0.5, 0.6) is 5.75 Å². The van der Waals surface area contributed by atoms with Gasteiger partial charge in [0.15, 0.2) is 5.82 Å². The van der Waals surface area contributed by atoms with Crippen LogP contribution in [0, 0.1) is 0 Å². The number of aromatic nitrogens is 4. The Bertz CT molecular complexity index is 858. The summed E-state index contributed by atoms with van der Waals surface area (Å²) in [5, 5.41) is 11.9. The number of rotatable bonds is 4. The molecule has 0 aliphatic heterocycles. The van der Waals surface area contributed by atoms with Gasteiger partial charge >= 0.3 is 0 Å². The van der Waals surface area contributed by atoms with Gasteiger partial charge in [0.25, 0.3) is 0 Å². The Morgan fingerprint density at radius 1 is 1.42 bits per heavy atom. The van der Waals surface area contributed by atoms with E-state index in [4.69, 9.17) is 20.9 Å². The molecule has 0 fully saturated rings. The third kappa shape index (κ3) is 2.89. The van der Waals surface area contributed by atoms with Crippen molar-refractivity contribution >= 4 is 11.6 Å². The first-order valence-corrected chi connectivity index (χ1v) is 8.26. The summed E-state index contributed by atoms with van der Waals surface area (Å²) in [7, 11) is 1.64. The average Bonchev–Trinajstić information content (AvgIpc) is 3.23. The molecule has 2 aromatic heterocycles. The summed E-state index contributed by atoms with van der Waals surface area (Å²) in [6, 6.07) is 5.52. The highest BCUT2D eigenvalue weighted by Gasteiger charge is 2.26. The van der Waals surface area contributed by atoms with E-state index in [2.05, 4.69) is 20.3 Å². The van der Waals surface area contributed by atoms with Crippen LogP contribution >= 0.6 is 11.6 Å². The number of fused-ring (bicyclic) bond motifs is 1. The number of halogens is 1. The van der Waals surface area contributed by atoms with Crippen molar-refractivity contribution in [3.63, 3.8) is 0 Å². The summed E-state index contributed by atoms with van der Waals surface area (Å²) in [5.41, 5.74) is 3.40. The minimum atomic E-state index is 0.248. The third-order valence-electron chi connectivity index (χ3n) is 4.44. The zero-order valence-electron chi connectivity index (χ0n) is 13.3. The van der Waals surface area contributed by atoms with E-state index in [1.807, 2.05) is 18.3 Å². The van der Waals surface area contributed by atoms with Crippen molar-refractivity contribution < 1.29 is 9.26 Å². The summed E-state index contributed by atoms with van der Waals surface area (Å²) in [4.78, 5) is 4.58. The van der Waals surface area contributed by atoms with E-state index in [0.717, 1.165) is 30.6 Å². The van der Waals surface area contributed by atoms with Gasteiger partial charge in [-0.2, -0.15) is 10.1 Å². The Morgan fingerprint density at radius 3 is 3.21 bits per heavy atom. The van der Waals surface area contributed by atoms with Crippen molar-refractivity contribution in [1.29, 1.82) is 0 Å². The molecule has 0 spiro atoms. The maximum Gasteiger partial charge on any atom is 0.230 e. The lowest BCUT2D eigenvalue weighted by Crippen LogP contribution is -2.12. The predicted octanol–water partition coefficient (Wildman–Crippen LogP) is 3.32. The highest BCUT2D eigenvalue weighted by molar-refractivity contribution is 6.30. The monoisotopic (exact) mass is 344 g/mol. The number of H-pyrrole nitrogens is 1. The van der Waals surface area contributed by atoms with E-state index >= 15 is 0 Å². The first-order valence-electron chi connectivity index (χ1n) is 7.89. The largest absolute Gasteiger partial charge is 0.496 e. The van der Waals surface area contributed by atoms with Gasteiger partial charge in [-0.15, -0.1) is 0 Å². The molecule has 2 heterocycles. The van der Waals surface area contributed by atoms with Crippen LogP contribution in [0.3, 0.4) is 0 Å². The van der Waals surface area contributed by atoms with Gasteiger partial charge in [-0.05, 0) is 43.0 Å². The average molecular weight is 345 g/mol. The third-order valence-corrected chi connectivity index (χ3v) is 4.68. The second-order valence-electron chi connectivity index (χ2n) is 6.00. The summed E-state index contributed by atoms with van der Waals surface area (Å²) in [6.07, 6.45) is 5.23. The van der Waals surface area contributed by atoms with Crippen LogP contribution < -0.4 is 4.74 Å². The Balaban J connectivity index is 1.53. The van der Waals surface area contributed by atoms with E-state index in [0.29, 0.717) is 23.2 Å². The van der Waals surface area contributed by atoms with E-state index < -0.39 is 0 Å². The minimum absolute atomic E-state index is 0.248. The SMILES string of the molecule is COc1ccc(Cl)cc1Cc1noc(C2CCc3[nH]ncc3C2)n1. The molecule has 7 heteroatoms. The first-order chi connectivity index (χ1) is 11.7. The fourth-order valence-corrected chi connectivity index (χ4v) is 3.38. The Morgan fingerprint density at radius 2 is 2.33 bits per heavy atom. The standard InChI is InChI=1S/C17H17ClN4O2/c1-23-15-5-3-13(18)7-11(15)8-16-20-17(24-22-16)10-2-4-14-12(6-10)9-19-21-14/h3,5,7,9-10H,2,4,6,8H2,1H3,(H,19,21). The molecule has 0 saturated heterocycles. The predicted molar refractivity (Wildman–Crippen MR) is 88.5 cm³/mol. The topological polar surface area (TPSA) is 76.8 Å². The zero-order valence-corrected chi connectivity index (χ0v) is 14.0. The van der Waals surface area contributed by atoms with E-state index in [-0.39, 0.29) is 5.92 Å². The maximum atomic E-state index is 6.08. The fourth-order valence-electron chi connectivity index (χ4n) is 3.19. The smallest absolute Gasteiger partial charge is 0.230 e. The van der Waals surface area contributed by atoms with Crippen molar-refractivity contribution in [2.75, 3.05) is 7.11 Å². The number of benzene rings is 1. The van der Waals surface area contributed by atoms with Crippen LogP contribution in [0.15, 0.2) is 28.9 Å². The van der Waals surface area contributed by atoms with Crippen LogP contribution in [0.4, 0.5) is 0 Å². The second-order valence-corrected chi connectivity index (χ2v) is 6.43. The zero-order chi connectivity index (χ0) is 16.5. The van der Waals surface area contributed by atoms with E-state index in [1.54, 1.807) is 13.2 Å². The minimum Gasteiger partial charge on any atom is -0.496 e. The molecule has 6 nitrogen and oxygen atoms in total. The molecule has 4 rings (SSSR count). The van der Waals surface area contributed by atoms with Gasteiger partial charge in [-0.3, -0.25) is 5.10 Å². The molecule has 24 heavy (non-hydrogen) atoms. The number of ether oxygens (including phenoxy) is 1. The number of methoxy groups -OCH3 is 1. The lowest BCUT2D eigenvalue weighted by Gasteiger charge is -2.17. The van der Waals surface area contributed by atoms with Gasteiger partial charge in [0, 0.05) is 28.6 Å². The molecule has 1 aliphatic carbocycles. The number of aromatic amines is 1. The lowest BCUT2D eigenvalue weighted by atomic mass is 9.88. The quantitative estimate of drug-likeness (QED) is 0.785. The van der Waals surface area contributed by atoms with Gasteiger partial charge in [-0.25, -0.2) is 0 Å². The second kappa shape index (κ2) is 6.28. The molecule has 0 bridgehead atoms. The number of hydrogen-bond acceptors (Lipinski definition) is 5. The fraction of sp³-hybridized carbons (Fsp3) is 0.353. The summed E-state index contributed by atoms with van der Waals surface area (Å²) in [6.45, 7) is 0. The highest BCUT2D eigenvalue weighted by Crippen LogP contribution is 2.31. The Labute approximate surface area is 144 Å². The van der Waals surface area contributed by atoms with Gasteiger partial charge < -0.3 is 9.26 Å². The molecule has 1 aliphatic rings. The molecular formula is C17H17ClN4O2. The van der Waals surface area contributed by atoms with Crippen LogP contribution in [0.25, 0.3) is 0 Å². The van der Waals surface area contributed by atoms with Gasteiger partial charge in [0.05, 0.1) is 13.3 Å². The van der Waals surface area contributed by atoms with Crippen LogP contribution in [0.2, 0.25) is 5.02 Å². The Hall–Kier alpha value is -2.34. The number of hydrogen-bond donors (Lipinski definition) is 1. The van der Waals surface area contributed by atoms with Crippen LogP contribution in [-0.4, -0.2) is 27.4 Å². The molecule has 124 valence electrons. The van der Waals surface area contributed by atoms with Gasteiger partial charge in [0.1, 0.15) is 5.75 Å². The highest BCUT2D eigenvalue weighted by atomic mass is 35.5. The van der Waals surface area contributed by atoms with E-state index in [9.17, 15) is 0 Å². The molecule has 0 amide bonds. The first kappa shape index (κ1) is 15.2. The maximum absolute atomic E-state index is 6.08. The van der Waals surface area contributed by atoms with Crippen molar-refractivity contribution in [2.24, 2.45) is 0 Å². The summed E-state index contributed by atoms with van der Waals surface area (Å²) >= 11 is 6.08. The van der Waals surface area contributed by atoms with Crippen molar-refractivity contribution in [3.05, 3.63) is 58.0 Å². The molecule has 0 radical (unpaired) electrons. The van der Waals surface area contributed by atoms with Crippen molar-refractivity contribution in [3.8, 4) is 5.75 Å². The lowest BCUT2D eigenvalue weighted by molar-refractivity contribution is 0.337. The summed E-state index contributed by atoms with van der Waals surface area (Å²) in [5.74, 6) is 2.35. The molecule has 1 unspecified atom stereocenters. The normalized spacial score (nSPS) is 16.8. The molecule has 1 atom stereocenters. The van der Waals surface area contributed by atoms with E-state index in [1.165, 1.54) is 11.3 Å². The molecule has 3 aromatic rings. The van der Waals surface area contributed by atoms with Crippen LogP contribution in [0.1, 0.15) is 40.9 Å². The van der Waals surface area contributed by atoms with Crippen molar-refractivity contribution in [2.45, 2.75) is 31.6 Å². The molecule has 0 saturated carbocycles. The molecular weight excluding hydrogens is 328 g/mol. The van der Waals surface area contributed by atoms with Gasteiger partial charge in [-0.1, -0.05) is 16.8 Å². The number of nitrogens with zero attached hydrogens (tertiary/aromatic N) is 3. The van der Waals surface area contributed by atoms with Crippen LogP contribution in [-0.2, 0) is 19.3 Å². The van der Waals surface area contributed by atoms with Crippen molar-refractivity contribution in [1.82, 2.24) is 20.3 Å². The number of nitrogens with one attached hydrogen (secondary N) is 1. The molecule has 1 aromatic carbocycles. The van der Waals surface area contributed by atoms with Gasteiger partial charge in [0.2, 0.25) is 5.89 Å². The number of aryl methyl sites for hydroxylation is 1. The molecule has 1 N–H and O–H groups in total.